The van der Waals surface area contributed by atoms with Crippen molar-refractivity contribution in [3.8, 4) is 0 Å². The van der Waals surface area contributed by atoms with E-state index < -0.39 is 10.0 Å². The van der Waals surface area contributed by atoms with Crippen LogP contribution in [0.4, 0.5) is 0 Å². The summed E-state index contributed by atoms with van der Waals surface area (Å²) in [5, 5.41) is 4.98. The highest BCUT2D eigenvalue weighted by Crippen LogP contribution is 2.23. The minimum atomic E-state index is -3.46. The van der Waals surface area contributed by atoms with E-state index in [1.54, 1.807) is 19.2 Å². The molecule has 1 aromatic carbocycles. The van der Waals surface area contributed by atoms with E-state index in [2.05, 4.69) is 21.2 Å². The Kier molecular flexibility index (Phi) is 5.56. The maximum Gasteiger partial charge on any atom is 0.243 e. The molecular weight excluding hydrogens is 372 g/mol. The third kappa shape index (κ3) is 4.14. The van der Waals surface area contributed by atoms with Crippen LogP contribution in [0.25, 0.3) is 0 Å². The average Bonchev–Trinajstić information content (AvgIpc) is 2.85. The van der Waals surface area contributed by atoms with Crippen molar-refractivity contribution in [3.63, 3.8) is 0 Å². The summed E-state index contributed by atoms with van der Waals surface area (Å²) >= 11 is 4.91. The van der Waals surface area contributed by atoms with Gasteiger partial charge in [-0.3, -0.25) is 0 Å². The van der Waals surface area contributed by atoms with Crippen LogP contribution >= 0.6 is 27.3 Å². The van der Waals surface area contributed by atoms with Crippen molar-refractivity contribution in [1.29, 1.82) is 0 Å². The average molecular weight is 389 g/mol. The van der Waals surface area contributed by atoms with E-state index in [1.807, 2.05) is 30.6 Å². The van der Waals surface area contributed by atoms with E-state index in [-0.39, 0.29) is 0 Å². The molecule has 21 heavy (non-hydrogen) atoms. The first-order valence-corrected chi connectivity index (χ1v) is 9.47. The largest absolute Gasteiger partial charge is 0.316 e. The van der Waals surface area contributed by atoms with Gasteiger partial charge in [0.05, 0.1) is 4.90 Å². The molecule has 0 aliphatic heterocycles. The Morgan fingerprint density at radius 1 is 1.29 bits per heavy atom. The summed E-state index contributed by atoms with van der Waals surface area (Å²) in [4.78, 5) is 1.32. The highest BCUT2D eigenvalue weighted by molar-refractivity contribution is 9.10. The van der Waals surface area contributed by atoms with Crippen LogP contribution in [0.1, 0.15) is 10.4 Å². The third-order valence-electron chi connectivity index (χ3n) is 3.01. The number of rotatable bonds is 6. The molecule has 1 N–H and O–H groups in total. The van der Waals surface area contributed by atoms with Gasteiger partial charge in [-0.05, 0) is 46.7 Å². The summed E-state index contributed by atoms with van der Waals surface area (Å²) in [5.74, 6) is 0. The number of sulfonamides is 1. The molecule has 2 aromatic rings. The van der Waals surface area contributed by atoms with Gasteiger partial charge in [0.15, 0.2) is 0 Å². The van der Waals surface area contributed by atoms with E-state index in [9.17, 15) is 8.42 Å². The standard InChI is InChI=1S/C14H17BrN2O2S2/c1-16-8-11-3-5-14(6-4-11)21(18,19)17(2)9-13-7-12(15)10-20-13/h3-7,10,16H,8-9H2,1-2H3. The first-order valence-electron chi connectivity index (χ1n) is 6.36. The smallest absolute Gasteiger partial charge is 0.243 e. The Morgan fingerprint density at radius 3 is 2.48 bits per heavy atom. The van der Waals surface area contributed by atoms with Crippen molar-refractivity contribution in [2.75, 3.05) is 14.1 Å². The van der Waals surface area contributed by atoms with Crippen molar-refractivity contribution in [3.05, 3.63) is 50.6 Å². The molecule has 0 atom stereocenters. The molecule has 0 radical (unpaired) electrons. The first kappa shape index (κ1) is 16.6. The van der Waals surface area contributed by atoms with Crippen LogP contribution < -0.4 is 5.32 Å². The number of thiophene rings is 1. The maximum atomic E-state index is 12.5. The Morgan fingerprint density at radius 2 is 1.95 bits per heavy atom. The fraction of sp³-hybridized carbons (Fsp3) is 0.286. The molecule has 1 heterocycles. The monoisotopic (exact) mass is 388 g/mol. The molecule has 1 aromatic heterocycles. The quantitative estimate of drug-likeness (QED) is 0.826. The van der Waals surface area contributed by atoms with E-state index in [4.69, 9.17) is 0 Å². The lowest BCUT2D eigenvalue weighted by Crippen LogP contribution is -2.26. The molecule has 4 nitrogen and oxygen atoms in total. The Hall–Kier alpha value is -0.730. The maximum absolute atomic E-state index is 12.5. The van der Waals surface area contributed by atoms with Crippen LogP contribution in [0.2, 0.25) is 0 Å². The normalized spacial score (nSPS) is 12.0. The zero-order valence-electron chi connectivity index (χ0n) is 11.8. The highest BCUT2D eigenvalue weighted by Gasteiger charge is 2.21. The zero-order chi connectivity index (χ0) is 15.5. The van der Waals surface area contributed by atoms with E-state index >= 15 is 0 Å². The van der Waals surface area contributed by atoms with Crippen molar-refractivity contribution in [1.82, 2.24) is 9.62 Å². The second kappa shape index (κ2) is 7.02. The number of hydrogen-bond acceptors (Lipinski definition) is 4. The highest BCUT2D eigenvalue weighted by atomic mass is 79.9. The lowest BCUT2D eigenvalue weighted by molar-refractivity contribution is 0.469. The predicted molar refractivity (Wildman–Crippen MR) is 89.9 cm³/mol. The topological polar surface area (TPSA) is 49.4 Å². The summed E-state index contributed by atoms with van der Waals surface area (Å²) < 4.78 is 27.4. The molecule has 114 valence electrons. The molecular formula is C14H17BrN2O2S2. The van der Waals surface area contributed by atoms with Gasteiger partial charge in [0, 0.05) is 34.9 Å². The van der Waals surface area contributed by atoms with Crippen molar-refractivity contribution < 1.29 is 8.42 Å². The SMILES string of the molecule is CNCc1ccc(S(=O)(=O)N(C)Cc2cc(Br)cs2)cc1. The molecule has 0 aliphatic carbocycles. The van der Waals surface area contributed by atoms with Gasteiger partial charge < -0.3 is 5.32 Å². The van der Waals surface area contributed by atoms with E-state index in [0.29, 0.717) is 11.4 Å². The van der Waals surface area contributed by atoms with Gasteiger partial charge in [0.25, 0.3) is 0 Å². The summed E-state index contributed by atoms with van der Waals surface area (Å²) in [6, 6.07) is 8.91. The molecule has 0 unspecified atom stereocenters. The van der Waals surface area contributed by atoms with Crippen LogP contribution in [0.5, 0.6) is 0 Å². The van der Waals surface area contributed by atoms with Crippen LogP contribution in [-0.2, 0) is 23.1 Å². The second-order valence-corrected chi connectivity index (χ2v) is 8.62. The van der Waals surface area contributed by atoms with Crippen molar-refractivity contribution in [2.45, 2.75) is 18.0 Å². The van der Waals surface area contributed by atoms with Crippen LogP contribution in [0.15, 0.2) is 45.1 Å². The molecule has 2 rings (SSSR count). The summed E-state index contributed by atoms with van der Waals surface area (Å²) in [6.45, 7) is 1.09. The van der Waals surface area contributed by atoms with Gasteiger partial charge >= 0.3 is 0 Å². The van der Waals surface area contributed by atoms with E-state index in [1.165, 1.54) is 15.6 Å². The minimum absolute atomic E-state index is 0.320. The van der Waals surface area contributed by atoms with Crippen molar-refractivity contribution >= 4 is 37.3 Å². The van der Waals surface area contributed by atoms with Crippen LogP contribution in [0, 0.1) is 0 Å². The second-order valence-electron chi connectivity index (χ2n) is 4.67. The minimum Gasteiger partial charge on any atom is -0.316 e. The number of halogens is 1. The molecule has 0 spiro atoms. The van der Waals surface area contributed by atoms with E-state index in [0.717, 1.165) is 21.5 Å². The number of nitrogens with zero attached hydrogens (tertiary/aromatic N) is 1. The lowest BCUT2D eigenvalue weighted by Gasteiger charge is -2.16. The lowest BCUT2D eigenvalue weighted by atomic mass is 10.2. The van der Waals surface area contributed by atoms with Gasteiger partial charge in [0.2, 0.25) is 10.0 Å². The van der Waals surface area contributed by atoms with Crippen LogP contribution in [-0.4, -0.2) is 26.8 Å². The molecule has 0 fully saturated rings. The zero-order valence-corrected chi connectivity index (χ0v) is 15.1. The molecule has 0 bridgehead atoms. The predicted octanol–water partition coefficient (Wildman–Crippen LogP) is 3.05. The van der Waals surface area contributed by atoms with Gasteiger partial charge in [-0.2, -0.15) is 4.31 Å². The molecule has 7 heteroatoms. The van der Waals surface area contributed by atoms with Crippen LogP contribution in [0.3, 0.4) is 0 Å². The first-order chi connectivity index (χ1) is 9.93. The molecule has 0 amide bonds. The Labute approximate surface area is 138 Å². The van der Waals surface area contributed by atoms with Gasteiger partial charge in [-0.15, -0.1) is 11.3 Å². The Balaban J connectivity index is 2.16. The summed E-state index contributed by atoms with van der Waals surface area (Å²) in [6.07, 6.45) is 0. The fourth-order valence-electron chi connectivity index (χ4n) is 1.90. The van der Waals surface area contributed by atoms with Crippen molar-refractivity contribution in [2.24, 2.45) is 0 Å². The number of benzene rings is 1. The molecule has 0 saturated heterocycles. The van der Waals surface area contributed by atoms with Gasteiger partial charge in [0.1, 0.15) is 0 Å². The number of nitrogens with one attached hydrogen (secondary N) is 1. The number of hydrogen-bond donors (Lipinski definition) is 1. The summed E-state index contributed by atoms with van der Waals surface area (Å²) in [7, 11) is 0.00504. The molecule has 0 saturated carbocycles. The van der Waals surface area contributed by atoms with Gasteiger partial charge in [-0.25, -0.2) is 8.42 Å². The Bertz CT molecular complexity index is 696. The summed E-state index contributed by atoms with van der Waals surface area (Å²) in [5.41, 5.74) is 1.06. The molecule has 0 aliphatic rings. The van der Waals surface area contributed by atoms with Gasteiger partial charge in [-0.1, -0.05) is 12.1 Å². The fourth-order valence-corrected chi connectivity index (χ4v) is 4.64. The third-order valence-corrected chi connectivity index (χ3v) is 6.51.